The van der Waals surface area contributed by atoms with Crippen LogP contribution in [0.2, 0.25) is 0 Å². The highest BCUT2D eigenvalue weighted by Crippen LogP contribution is 2.31. The second-order valence-corrected chi connectivity index (χ2v) is 8.36. The zero-order valence-corrected chi connectivity index (χ0v) is 15.5. The first-order valence-electron chi connectivity index (χ1n) is 8.18. The van der Waals surface area contributed by atoms with Crippen molar-refractivity contribution in [2.75, 3.05) is 7.05 Å². The molecule has 1 unspecified atom stereocenters. The summed E-state index contributed by atoms with van der Waals surface area (Å²) in [5.41, 5.74) is -0.153. The lowest BCUT2D eigenvalue weighted by molar-refractivity contribution is -0.137. The Morgan fingerprint density at radius 1 is 1.07 bits per heavy atom. The van der Waals surface area contributed by atoms with Gasteiger partial charge in [0.05, 0.1) is 17.4 Å². The van der Waals surface area contributed by atoms with E-state index in [1.54, 1.807) is 19.1 Å². The Bertz CT molecular complexity index is 1020. The standard InChI is InChI=1S/C19H18F3NO3S/c1-13(18-11-15-7-3-4-9-17(15)26-18)23(2)27(24,25)12-14-6-5-8-16(10-14)19(20,21)22/h3-11,13H,12H2,1-2H3. The van der Waals surface area contributed by atoms with Gasteiger partial charge >= 0.3 is 6.18 Å². The van der Waals surface area contributed by atoms with Crippen molar-refractivity contribution in [3.63, 3.8) is 0 Å². The van der Waals surface area contributed by atoms with Crippen molar-refractivity contribution in [3.8, 4) is 0 Å². The quantitative estimate of drug-likeness (QED) is 0.611. The topological polar surface area (TPSA) is 50.5 Å². The lowest BCUT2D eigenvalue weighted by Crippen LogP contribution is -2.30. The minimum Gasteiger partial charge on any atom is -0.459 e. The van der Waals surface area contributed by atoms with E-state index >= 15 is 0 Å². The fourth-order valence-electron chi connectivity index (χ4n) is 2.78. The van der Waals surface area contributed by atoms with E-state index < -0.39 is 33.6 Å². The fourth-order valence-corrected chi connectivity index (χ4v) is 4.17. The van der Waals surface area contributed by atoms with E-state index in [2.05, 4.69) is 0 Å². The molecule has 3 rings (SSSR count). The third-order valence-electron chi connectivity index (χ3n) is 4.44. The van der Waals surface area contributed by atoms with Crippen LogP contribution < -0.4 is 0 Å². The molecule has 1 heterocycles. The van der Waals surface area contributed by atoms with Crippen LogP contribution in [0.5, 0.6) is 0 Å². The summed E-state index contributed by atoms with van der Waals surface area (Å²) < 4.78 is 70.7. The molecule has 2 aromatic carbocycles. The lowest BCUT2D eigenvalue weighted by Gasteiger charge is -2.23. The van der Waals surface area contributed by atoms with Crippen LogP contribution in [0, 0.1) is 0 Å². The maximum absolute atomic E-state index is 12.8. The molecule has 0 amide bonds. The Kier molecular flexibility index (Phi) is 5.05. The summed E-state index contributed by atoms with van der Waals surface area (Å²) in [4.78, 5) is 0. The van der Waals surface area contributed by atoms with E-state index in [9.17, 15) is 21.6 Å². The van der Waals surface area contributed by atoms with Crippen LogP contribution in [0.1, 0.15) is 29.9 Å². The van der Waals surface area contributed by atoms with Gasteiger partial charge in [0.1, 0.15) is 11.3 Å². The van der Waals surface area contributed by atoms with Crippen LogP contribution >= 0.6 is 0 Å². The van der Waals surface area contributed by atoms with Gasteiger partial charge in [-0.15, -0.1) is 0 Å². The Labute approximate surface area is 155 Å². The molecule has 0 N–H and O–H groups in total. The van der Waals surface area contributed by atoms with Gasteiger partial charge in [0.15, 0.2) is 0 Å². The molecule has 4 nitrogen and oxygen atoms in total. The van der Waals surface area contributed by atoms with Crippen LogP contribution in [0.3, 0.4) is 0 Å². The molecule has 0 aliphatic carbocycles. The van der Waals surface area contributed by atoms with Crippen molar-refractivity contribution >= 4 is 21.0 Å². The molecule has 144 valence electrons. The average Bonchev–Trinajstić information content (AvgIpc) is 3.03. The van der Waals surface area contributed by atoms with Gasteiger partial charge < -0.3 is 4.42 Å². The highest BCUT2D eigenvalue weighted by Gasteiger charge is 2.32. The minimum atomic E-state index is -4.52. The summed E-state index contributed by atoms with van der Waals surface area (Å²) in [5, 5.41) is 0.850. The summed E-state index contributed by atoms with van der Waals surface area (Å²) >= 11 is 0. The SMILES string of the molecule is CC(c1cc2ccccc2o1)N(C)S(=O)(=O)Cc1cccc(C(F)(F)F)c1. The number of sulfonamides is 1. The maximum Gasteiger partial charge on any atom is 0.416 e. The summed E-state index contributed by atoms with van der Waals surface area (Å²) in [7, 11) is -2.46. The number of furan rings is 1. The molecular formula is C19H18F3NO3S. The molecule has 0 aliphatic rings. The maximum atomic E-state index is 12.8. The summed E-state index contributed by atoms with van der Waals surface area (Å²) in [5.74, 6) is -0.0656. The molecule has 0 bridgehead atoms. The molecule has 3 aromatic rings. The predicted octanol–water partition coefficient (Wildman–Crippen LogP) is 4.97. The van der Waals surface area contributed by atoms with E-state index in [1.807, 2.05) is 18.2 Å². The first-order valence-corrected chi connectivity index (χ1v) is 9.79. The highest BCUT2D eigenvalue weighted by molar-refractivity contribution is 7.88. The van der Waals surface area contributed by atoms with Gasteiger partial charge in [-0.05, 0) is 30.7 Å². The molecule has 0 radical (unpaired) electrons. The number of benzene rings is 2. The van der Waals surface area contributed by atoms with Gasteiger partial charge in [-0.1, -0.05) is 36.4 Å². The van der Waals surface area contributed by atoms with Crippen molar-refractivity contribution in [3.05, 3.63) is 71.5 Å². The van der Waals surface area contributed by atoms with E-state index in [-0.39, 0.29) is 5.56 Å². The third-order valence-corrected chi connectivity index (χ3v) is 6.34. The molecular weight excluding hydrogens is 379 g/mol. The normalized spacial score (nSPS) is 14.0. The zero-order chi connectivity index (χ0) is 19.8. The Morgan fingerprint density at radius 3 is 2.44 bits per heavy atom. The largest absolute Gasteiger partial charge is 0.459 e. The van der Waals surface area contributed by atoms with Gasteiger partial charge in [-0.25, -0.2) is 8.42 Å². The third kappa shape index (κ3) is 4.17. The van der Waals surface area contributed by atoms with Gasteiger partial charge in [0.25, 0.3) is 0 Å². The predicted molar refractivity (Wildman–Crippen MR) is 96.5 cm³/mol. The zero-order valence-electron chi connectivity index (χ0n) is 14.7. The molecule has 0 fully saturated rings. The van der Waals surface area contributed by atoms with Crippen LogP contribution in [0.25, 0.3) is 11.0 Å². The van der Waals surface area contributed by atoms with Gasteiger partial charge in [-0.2, -0.15) is 17.5 Å². The Balaban J connectivity index is 1.83. The van der Waals surface area contributed by atoms with E-state index in [0.717, 1.165) is 21.8 Å². The molecule has 0 saturated heterocycles. The second-order valence-electron chi connectivity index (χ2n) is 6.33. The number of fused-ring (bicyclic) bond motifs is 1. The van der Waals surface area contributed by atoms with Crippen molar-refractivity contribution in [2.45, 2.75) is 24.9 Å². The van der Waals surface area contributed by atoms with E-state index in [0.29, 0.717) is 11.3 Å². The van der Waals surface area contributed by atoms with E-state index in [1.165, 1.54) is 19.2 Å². The summed E-state index contributed by atoms with van der Waals surface area (Å²) in [6, 6.07) is 12.8. The molecule has 0 saturated carbocycles. The lowest BCUT2D eigenvalue weighted by atomic mass is 10.1. The number of alkyl halides is 3. The number of nitrogens with zero attached hydrogens (tertiary/aromatic N) is 1. The molecule has 8 heteroatoms. The van der Waals surface area contributed by atoms with Gasteiger partial charge in [-0.3, -0.25) is 0 Å². The monoisotopic (exact) mass is 397 g/mol. The fraction of sp³-hybridized carbons (Fsp3) is 0.263. The number of para-hydroxylation sites is 1. The average molecular weight is 397 g/mol. The van der Waals surface area contributed by atoms with Crippen LogP contribution in [0.15, 0.2) is 59.0 Å². The number of rotatable bonds is 5. The highest BCUT2D eigenvalue weighted by atomic mass is 32.2. The molecule has 0 spiro atoms. The van der Waals surface area contributed by atoms with Crippen LogP contribution in [-0.4, -0.2) is 19.8 Å². The molecule has 1 aromatic heterocycles. The molecule has 1 atom stereocenters. The number of halogens is 3. The first-order chi connectivity index (χ1) is 12.6. The first kappa shape index (κ1) is 19.4. The van der Waals surface area contributed by atoms with Crippen LogP contribution in [-0.2, 0) is 22.0 Å². The van der Waals surface area contributed by atoms with Gasteiger partial charge in [0, 0.05) is 12.4 Å². The number of hydrogen-bond donors (Lipinski definition) is 0. The molecule has 0 aliphatic heterocycles. The Hall–Kier alpha value is -2.32. The summed E-state index contributed by atoms with van der Waals surface area (Å²) in [6.45, 7) is 1.67. The van der Waals surface area contributed by atoms with E-state index in [4.69, 9.17) is 4.42 Å². The molecule has 27 heavy (non-hydrogen) atoms. The van der Waals surface area contributed by atoms with Crippen molar-refractivity contribution < 1.29 is 26.0 Å². The minimum absolute atomic E-state index is 0.0773. The van der Waals surface area contributed by atoms with Gasteiger partial charge in [0.2, 0.25) is 10.0 Å². The van der Waals surface area contributed by atoms with Crippen molar-refractivity contribution in [1.82, 2.24) is 4.31 Å². The van der Waals surface area contributed by atoms with Crippen molar-refractivity contribution in [1.29, 1.82) is 0 Å². The Morgan fingerprint density at radius 2 is 1.78 bits per heavy atom. The number of hydrogen-bond acceptors (Lipinski definition) is 3. The van der Waals surface area contributed by atoms with Crippen LogP contribution in [0.4, 0.5) is 13.2 Å². The second kappa shape index (κ2) is 7.01. The summed E-state index contributed by atoms with van der Waals surface area (Å²) in [6.07, 6.45) is -4.52. The smallest absolute Gasteiger partial charge is 0.416 e. The van der Waals surface area contributed by atoms with Crippen molar-refractivity contribution in [2.24, 2.45) is 0 Å².